The van der Waals surface area contributed by atoms with Gasteiger partial charge in [-0.3, -0.25) is 4.68 Å². The Morgan fingerprint density at radius 1 is 1.39 bits per heavy atom. The minimum Gasteiger partial charge on any atom is -0.317 e. The molecule has 3 aromatic rings. The Balaban J connectivity index is 2.07. The highest BCUT2D eigenvalue weighted by molar-refractivity contribution is 7.19. The number of nitrogens with two attached hydrogens (primary N) is 1. The van der Waals surface area contributed by atoms with Gasteiger partial charge in [-0.15, -0.1) is 11.3 Å². The van der Waals surface area contributed by atoms with Crippen molar-refractivity contribution < 1.29 is 4.39 Å². The molecule has 0 fully saturated rings. The van der Waals surface area contributed by atoms with Crippen molar-refractivity contribution in [3.05, 3.63) is 47.1 Å². The van der Waals surface area contributed by atoms with Gasteiger partial charge < -0.3 is 5.73 Å². The first kappa shape index (κ1) is 11.3. The van der Waals surface area contributed by atoms with Gasteiger partial charge in [0.05, 0.1) is 6.04 Å². The minimum atomic E-state index is -0.335. The number of aromatic nitrogens is 3. The number of fused-ring (bicyclic) bond motifs is 1. The van der Waals surface area contributed by atoms with E-state index in [0.717, 1.165) is 15.0 Å². The number of nitrogens with zero attached hydrogens (tertiary/aromatic N) is 3. The van der Waals surface area contributed by atoms with Crippen LogP contribution in [0.15, 0.2) is 30.6 Å². The van der Waals surface area contributed by atoms with Gasteiger partial charge in [-0.25, -0.2) is 9.37 Å². The molecule has 1 aromatic carbocycles. The average Bonchev–Trinajstić information content (AvgIpc) is 2.93. The molecule has 0 aliphatic heterocycles. The third kappa shape index (κ3) is 1.79. The number of halogens is 1. The van der Waals surface area contributed by atoms with Crippen LogP contribution in [0.5, 0.6) is 0 Å². The second-order valence-corrected chi connectivity index (χ2v) is 5.17. The van der Waals surface area contributed by atoms with Gasteiger partial charge in [0.2, 0.25) is 0 Å². The summed E-state index contributed by atoms with van der Waals surface area (Å²) >= 11 is 1.48. The maximum absolute atomic E-state index is 13.1. The fraction of sp³-hybridized carbons (Fsp3) is 0.167. The first-order valence-corrected chi connectivity index (χ1v) is 6.25. The van der Waals surface area contributed by atoms with E-state index in [4.69, 9.17) is 5.73 Å². The summed E-state index contributed by atoms with van der Waals surface area (Å²) < 4.78 is 15.7. The minimum absolute atomic E-state index is 0.233. The van der Waals surface area contributed by atoms with Crippen LogP contribution in [0.1, 0.15) is 16.7 Å². The average molecular weight is 262 g/mol. The fourth-order valence-corrected chi connectivity index (χ4v) is 2.98. The van der Waals surface area contributed by atoms with E-state index in [2.05, 4.69) is 10.1 Å². The van der Waals surface area contributed by atoms with Gasteiger partial charge in [0.15, 0.2) is 0 Å². The molecule has 0 spiro atoms. The van der Waals surface area contributed by atoms with Crippen LogP contribution in [0.4, 0.5) is 4.39 Å². The summed E-state index contributed by atoms with van der Waals surface area (Å²) in [6.07, 6.45) is 1.47. The summed E-state index contributed by atoms with van der Waals surface area (Å²) in [6.45, 7) is 0. The van der Waals surface area contributed by atoms with E-state index in [-0.39, 0.29) is 11.9 Å². The smallest absolute Gasteiger partial charge is 0.148 e. The molecular weight excluding hydrogens is 251 g/mol. The van der Waals surface area contributed by atoms with Gasteiger partial charge in [0, 0.05) is 16.6 Å². The summed E-state index contributed by atoms with van der Waals surface area (Å²) in [5.74, 6) is 0.463. The van der Waals surface area contributed by atoms with Crippen molar-refractivity contribution in [1.29, 1.82) is 0 Å². The Morgan fingerprint density at radius 3 is 2.94 bits per heavy atom. The van der Waals surface area contributed by atoms with Crippen molar-refractivity contribution in [2.24, 2.45) is 12.8 Å². The van der Waals surface area contributed by atoms with E-state index < -0.39 is 0 Å². The van der Waals surface area contributed by atoms with Gasteiger partial charge in [-0.1, -0.05) is 6.07 Å². The standard InChI is InChI=1S/C12H11FN4S/c1-17-12(15-6-16-17)11(14)10-4-7-2-3-8(13)5-9(7)18-10/h2-6,11H,14H2,1H3. The molecule has 2 N–H and O–H groups in total. The molecule has 1 atom stereocenters. The zero-order valence-corrected chi connectivity index (χ0v) is 10.5. The van der Waals surface area contributed by atoms with Crippen molar-refractivity contribution in [2.45, 2.75) is 6.04 Å². The van der Waals surface area contributed by atoms with Crippen LogP contribution in [-0.2, 0) is 7.05 Å². The molecule has 18 heavy (non-hydrogen) atoms. The Labute approximate surface area is 107 Å². The van der Waals surface area contributed by atoms with Crippen LogP contribution in [0.3, 0.4) is 0 Å². The lowest BCUT2D eigenvalue weighted by Crippen LogP contribution is -2.15. The van der Waals surface area contributed by atoms with Gasteiger partial charge >= 0.3 is 0 Å². The molecule has 92 valence electrons. The second kappa shape index (κ2) is 4.15. The molecule has 0 amide bonds. The van der Waals surface area contributed by atoms with Crippen molar-refractivity contribution in [3.63, 3.8) is 0 Å². The van der Waals surface area contributed by atoms with E-state index in [1.807, 2.05) is 6.07 Å². The molecule has 0 aliphatic carbocycles. The number of aryl methyl sites for hydroxylation is 1. The lowest BCUT2D eigenvalue weighted by Gasteiger charge is -2.07. The molecule has 2 aromatic heterocycles. The molecule has 0 saturated heterocycles. The predicted octanol–water partition coefficient (Wildman–Crippen LogP) is 2.22. The SMILES string of the molecule is Cn1ncnc1C(N)c1cc2ccc(F)cc2s1. The normalized spacial score (nSPS) is 13.1. The second-order valence-electron chi connectivity index (χ2n) is 4.05. The Bertz CT molecular complexity index is 703. The molecule has 0 aliphatic rings. The van der Waals surface area contributed by atoms with Gasteiger partial charge in [0.25, 0.3) is 0 Å². The number of hydrogen-bond acceptors (Lipinski definition) is 4. The summed E-state index contributed by atoms with van der Waals surface area (Å²) in [7, 11) is 1.80. The monoisotopic (exact) mass is 262 g/mol. The highest BCUT2D eigenvalue weighted by Crippen LogP contribution is 2.31. The molecule has 4 nitrogen and oxygen atoms in total. The molecule has 6 heteroatoms. The highest BCUT2D eigenvalue weighted by atomic mass is 32.1. The quantitative estimate of drug-likeness (QED) is 0.770. The molecule has 0 bridgehead atoms. The predicted molar refractivity (Wildman–Crippen MR) is 68.8 cm³/mol. The van der Waals surface area contributed by atoms with E-state index in [1.165, 1.54) is 29.8 Å². The van der Waals surface area contributed by atoms with E-state index in [1.54, 1.807) is 17.8 Å². The van der Waals surface area contributed by atoms with E-state index in [9.17, 15) is 4.39 Å². The van der Waals surface area contributed by atoms with Gasteiger partial charge in [-0.2, -0.15) is 5.10 Å². The van der Waals surface area contributed by atoms with Crippen molar-refractivity contribution in [2.75, 3.05) is 0 Å². The summed E-state index contributed by atoms with van der Waals surface area (Å²) in [5, 5.41) is 5.00. The Hall–Kier alpha value is -1.79. The van der Waals surface area contributed by atoms with Crippen LogP contribution in [0, 0.1) is 5.82 Å². The summed E-state index contributed by atoms with van der Waals surface area (Å²) in [4.78, 5) is 5.09. The number of hydrogen-bond donors (Lipinski definition) is 1. The maximum Gasteiger partial charge on any atom is 0.148 e. The van der Waals surface area contributed by atoms with Crippen LogP contribution in [0.2, 0.25) is 0 Å². The van der Waals surface area contributed by atoms with Crippen LogP contribution < -0.4 is 5.73 Å². The van der Waals surface area contributed by atoms with Crippen LogP contribution in [0.25, 0.3) is 10.1 Å². The van der Waals surface area contributed by atoms with Crippen LogP contribution >= 0.6 is 11.3 Å². The maximum atomic E-state index is 13.1. The zero-order valence-electron chi connectivity index (χ0n) is 9.67. The van der Waals surface area contributed by atoms with Gasteiger partial charge in [-0.05, 0) is 23.6 Å². The molecule has 0 saturated carbocycles. The number of thiophene rings is 1. The molecule has 2 heterocycles. The van der Waals surface area contributed by atoms with E-state index >= 15 is 0 Å². The molecule has 0 radical (unpaired) electrons. The lowest BCUT2D eigenvalue weighted by molar-refractivity contribution is 0.630. The largest absolute Gasteiger partial charge is 0.317 e. The van der Waals surface area contributed by atoms with Gasteiger partial charge in [0.1, 0.15) is 18.0 Å². The third-order valence-corrected chi connectivity index (χ3v) is 4.01. The van der Waals surface area contributed by atoms with Crippen LogP contribution in [-0.4, -0.2) is 14.8 Å². The summed E-state index contributed by atoms with van der Waals surface area (Å²) in [6, 6.07) is 6.37. The molecule has 1 unspecified atom stereocenters. The zero-order chi connectivity index (χ0) is 12.7. The Kier molecular flexibility index (Phi) is 2.61. The van der Waals surface area contributed by atoms with E-state index in [0.29, 0.717) is 5.82 Å². The topological polar surface area (TPSA) is 56.7 Å². The van der Waals surface area contributed by atoms with Crippen molar-refractivity contribution in [1.82, 2.24) is 14.8 Å². The number of rotatable bonds is 2. The highest BCUT2D eigenvalue weighted by Gasteiger charge is 2.16. The molecular formula is C12H11FN4S. The third-order valence-electron chi connectivity index (χ3n) is 2.83. The van der Waals surface area contributed by atoms with Crippen molar-refractivity contribution >= 4 is 21.4 Å². The summed E-state index contributed by atoms with van der Waals surface area (Å²) in [5.41, 5.74) is 6.16. The number of benzene rings is 1. The van der Waals surface area contributed by atoms with Crippen molar-refractivity contribution in [3.8, 4) is 0 Å². The molecule has 3 rings (SSSR count). The first-order valence-electron chi connectivity index (χ1n) is 5.43. The fourth-order valence-electron chi connectivity index (χ4n) is 1.89. The first-order chi connectivity index (χ1) is 8.65. The Morgan fingerprint density at radius 2 is 2.22 bits per heavy atom. The lowest BCUT2D eigenvalue weighted by atomic mass is 10.2.